The number of halogens is 1. The predicted molar refractivity (Wildman–Crippen MR) is 141 cm³/mol. The number of nitrogens with zero attached hydrogens (tertiary/aromatic N) is 6. The molecule has 37 heavy (non-hydrogen) atoms. The lowest BCUT2D eigenvalue weighted by Gasteiger charge is -2.16. The van der Waals surface area contributed by atoms with Crippen LogP contribution in [0.25, 0.3) is 22.1 Å². The van der Waals surface area contributed by atoms with E-state index in [9.17, 15) is 9.59 Å². The molecule has 3 aromatic heterocycles. The maximum atomic E-state index is 13.3. The van der Waals surface area contributed by atoms with E-state index in [0.29, 0.717) is 52.4 Å². The van der Waals surface area contributed by atoms with E-state index in [1.165, 1.54) is 6.33 Å². The zero-order valence-corrected chi connectivity index (χ0v) is 21.3. The van der Waals surface area contributed by atoms with E-state index in [1.54, 1.807) is 35.4 Å². The summed E-state index contributed by atoms with van der Waals surface area (Å²) in [7, 11) is 2.00. The van der Waals surface area contributed by atoms with Gasteiger partial charge in [-0.15, -0.1) is 0 Å². The Kier molecular flexibility index (Phi) is 6.81. The van der Waals surface area contributed by atoms with E-state index in [4.69, 9.17) is 21.8 Å². The number of benzene rings is 1. The van der Waals surface area contributed by atoms with E-state index >= 15 is 0 Å². The van der Waals surface area contributed by atoms with Gasteiger partial charge in [0.05, 0.1) is 17.0 Å². The zero-order valence-electron chi connectivity index (χ0n) is 20.5. The van der Waals surface area contributed by atoms with Crippen LogP contribution in [0, 0.1) is 0 Å². The predicted octanol–water partition coefficient (Wildman–Crippen LogP) is 3.34. The van der Waals surface area contributed by atoms with E-state index in [-0.39, 0.29) is 23.8 Å². The Morgan fingerprint density at radius 3 is 3.00 bits per heavy atom. The van der Waals surface area contributed by atoms with Crippen molar-refractivity contribution in [3.8, 4) is 0 Å². The first-order chi connectivity index (χ1) is 17.8. The van der Waals surface area contributed by atoms with Gasteiger partial charge < -0.3 is 24.5 Å². The normalized spacial score (nSPS) is 16.0. The van der Waals surface area contributed by atoms with E-state index in [0.717, 1.165) is 13.0 Å². The van der Waals surface area contributed by atoms with Gasteiger partial charge in [-0.3, -0.25) is 14.9 Å². The van der Waals surface area contributed by atoms with Gasteiger partial charge in [0.1, 0.15) is 23.3 Å². The molecule has 192 valence electrons. The number of aromatic nitrogens is 4. The van der Waals surface area contributed by atoms with E-state index in [1.807, 2.05) is 17.7 Å². The third-order valence-corrected chi connectivity index (χ3v) is 6.77. The number of nitrogen functional groups attached to an aromatic ring is 1. The smallest absolute Gasteiger partial charge is 0.302 e. The Balaban J connectivity index is 1.38. The summed E-state index contributed by atoms with van der Waals surface area (Å²) in [5, 5.41) is 3.64. The molecule has 0 saturated carbocycles. The van der Waals surface area contributed by atoms with Crippen LogP contribution in [0.5, 0.6) is 0 Å². The van der Waals surface area contributed by atoms with Crippen molar-refractivity contribution in [2.45, 2.75) is 19.4 Å². The molecule has 1 aliphatic heterocycles. The number of nitrogens with one attached hydrogen (secondary N) is 1. The van der Waals surface area contributed by atoms with Gasteiger partial charge in [0.15, 0.2) is 5.58 Å². The fourth-order valence-corrected chi connectivity index (χ4v) is 4.58. The van der Waals surface area contributed by atoms with Gasteiger partial charge in [0.2, 0.25) is 5.91 Å². The molecule has 0 unspecified atom stereocenters. The topological polar surface area (TPSA) is 135 Å². The molecule has 1 saturated heterocycles. The fraction of sp³-hybridized carbons (Fsp3) is 0.320. The van der Waals surface area contributed by atoms with Crippen molar-refractivity contribution in [1.29, 1.82) is 0 Å². The van der Waals surface area contributed by atoms with Gasteiger partial charge in [-0.2, -0.15) is 4.98 Å². The average Bonchev–Trinajstić information content (AvgIpc) is 3.60. The number of amides is 2. The fourth-order valence-electron chi connectivity index (χ4n) is 4.41. The molecule has 1 atom stereocenters. The lowest BCUT2D eigenvalue weighted by molar-refractivity contribution is -0.125. The van der Waals surface area contributed by atoms with E-state index in [2.05, 4.69) is 32.1 Å². The number of likely N-dealkylation sites (tertiary alicyclic amines) is 1. The van der Waals surface area contributed by atoms with Crippen LogP contribution in [0.1, 0.15) is 29.7 Å². The molecule has 0 aliphatic carbocycles. The molecule has 12 heteroatoms. The molecule has 0 radical (unpaired) electrons. The van der Waals surface area contributed by atoms with E-state index < -0.39 is 5.91 Å². The first-order valence-corrected chi connectivity index (χ1v) is 12.3. The quantitative estimate of drug-likeness (QED) is 0.353. The van der Waals surface area contributed by atoms with Crippen molar-refractivity contribution in [1.82, 2.24) is 29.3 Å². The summed E-state index contributed by atoms with van der Waals surface area (Å²) in [6, 6.07) is 4.99. The summed E-state index contributed by atoms with van der Waals surface area (Å²) in [5.41, 5.74) is 8.01. The Morgan fingerprint density at radius 1 is 1.35 bits per heavy atom. The van der Waals surface area contributed by atoms with Gasteiger partial charge >= 0.3 is 6.01 Å². The Morgan fingerprint density at radius 2 is 2.19 bits per heavy atom. The van der Waals surface area contributed by atoms with Crippen LogP contribution in [-0.2, 0) is 4.79 Å². The number of rotatable bonds is 7. The van der Waals surface area contributed by atoms with Crippen LogP contribution >= 0.6 is 11.6 Å². The van der Waals surface area contributed by atoms with Crippen molar-refractivity contribution in [2.75, 3.05) is 44.3 Å². The SMILES string of the molecule is CCN(C)C/C=C/C(=O)N1CC[C@@H](n2cc(C(=O)Nc3nc4cc(Cl)ccc4o3)c3c(N)ncnc32)C1. The Hall–Kier alpha value is -3.96. The molecule has 5 rings (SSSR count). The standard InChI is InChI=1S/C25H27ClN8O3/c1-3-32(2)9-4-5-20(35)33-10-8-16(12-33)34-13-17(21-22(27)28-14-29-23(21)34)24(36)31-25-30-18-11-15(26)6-7-19(18)37-25/h4-7,11,13-14,16H,3,8-10,12H2,1-2H3,(H2,27,28,29)(H,30,31,36)/b5-4+/t16-/m1/s1. The number of carbonyl (C=O) groups excluding carboxylic acids is 2. The van der Waals surface area contributed by atoms with Crippen LogP contribution in [0.2, 0.25) is 5.02 Å². The van der Waals surface area contributed by atoms with Crippen LogP contribution in [-0.4, -0.2) is 74.4 Å². The van der Waals surface area contributed by atoms with Crippen molar-refractivity contribution in [3.05, 3.63) is 53.5 Å². The Bertz CT molecular complexity index is 1510. The lowest BCUT2D eigenvalue weighted by Crippen LogP contribution is -2.27. The number of fused-ring (bicyclic) bond motifs is 2. The van der Waals surface area contributed by atoms with Crippen LogP contribution < -0.4 is 11.1 Å². The molecule has 4 aromatic rings. The monoisotopic (exact) mass is 522 g/mol. The molecule has 11 nitrogen and oxygen atoms in total. The first kappa shape index (κ1) is 24.7. The lowest BCUT2D eigenvalue weighted by atomic mass is 10.2. The van der Waals surface area contributed by atoms with Gasteiger partial charge in [-0.05, 0) is 38.2 Å². The molecule has 1 aromatic carbocycles. The maximum absolute atomic E-state index is 13.3. The summed E-state index contributed by atoms with van der Waals surface area (Å²) in [6.45, 7) is 4.78. The number of oxazole rings is 1. The molecule has 3 N–H and O–H groups in total. The summed E-state index contributed by atoms with van der Waals surface area (Å²) in [6.07, 6.45) is 7.28. The third kappa shape index (κ3) is 5.00. The van der Waals surface area contributed by atoms with Gasteiger partial charge in [0, 0.05) is 36.9 Å². The molecule has 1 aliphatic rings. The summed E-state index contributed by atoms with van der Waals surface area (Å²) in [5.74, 6) is -0.310. The average molecular weight is 523 g/mol. The minimum Gasteiger partial charge on any atom is -0.423 e. The van der Waals surface area contributed by atoms with Gasteiger partial charge in [0.25, 0.3) is 5.91 Å². The third-order valence-electron chi connectivity index (χ3n) is 6.54. The highest BCUT2D eigenvalue weighted by atomic mass is 35.5. The molecular formula is C25H27ClN8O3. The zero-order chi connectivity index (χ0) is 26.1. The highest BCUT2D eigenvalue weighted by Gasteiger charge is 2.30. The summed E-state index contributed by atoms with van der Waals surface area (Å²) < 4.78 is 7.53. The van der Waals surface area contributed by atoms with Crippen molar-refractivity contribution < 1.29 is 14.0 Å². The maximum Gasteiger partial charge on any atom is 0.302 e. The summed E-state index contributed by atoms with van der Waals surface area (Å²) >= 11 is 6.02. The van der Waals surface area contributed by atoms with Crippen LogP contribution in [0.4, 0.5) is 11.8 Å². The highest BCUT2D eigenvalue weighted by molar-refractivity contribution is 6.31. The number of nitrogens with two attached hydrogens (primary N) is 1. The molecule has 2 amide bonds. The second-order valence-electron chi connectivity index (χ2n) is 8.98. The van der Waals surface area contributed by atoms with Crippen LogP contribution in [0.3, 0.4) is 0 Å². The molecular weight excluding hydrogens is 496 g/mol. The number of hydrogen-bond acceptors (Lipinski definition) is 8. The van der Waals surface area contributed by atoms with Crippen molar-refractivity contribution >= 4 is 57.4 Å². The minimum atomic E-state index is -0.461. The molecule has 4 heterocycles. The number of likely N-dealkylation sites (N-methyl/N-ethyl adjacent to an activating group) is 1. The molecule has 0 spiro atoms. The van der Waals surface area contributed by atoms with Gasteiger partial charge in [-0.25, -0.2) is 9.97 Å². The number of hydrogen-bond donors (Lipinski definition) is 2. The largest absolute Gasteiger partial charge is 0.423 e. The second kappa shape index (κ2) is 10.2. The second-order valence-corrected chi connectivity index (χ2v) is 9.41. The number of carbonyl (C=O) groups is 2. The highest BCUT2D eigenvalue weighted by Crippen LogP contribution is 2.31. The van der Waals surface area contributed by atoms with Crippen molar-refractivity contribution in [3.63, 3.8) is 0 Å². The Labute approximate surface area is 217 Å². The minimum absolute atomic E-state index is 0.0355. The van der Waals surface area contributed by atoms with Crippen LogP contribution in [0.15, 0.2) is 47.3 Å². The van der Waals surface area contributed by atoms with Crippen molar-refractivity contribution in [2.24, 2.45) is 0 Å². The van der Waals surface area contributed by atoms with Gasteiger partial charge in [-0.1, -0.05) is 24.6 Å². The summed E-state index contributed by atoms with van der Waals surface area (Å²) in [4.78, 5) is 42.7. The number of anilines is 2. The molecule has 0 bridgehead atoms. The molecule has 1 fully saturated rings. The first-order valence-electron chi connectivity index (χ1n) is 12.0.